The number of aromatic nitrogens is 1. The Morgan fingerprint density at radius 3 is 2.72 bits per heavy atom. The average molecular weight is 433 g/mol. The number of aliphatic hydroxyl groups excluding tert-OH is 1. The van der Waals surface area contributed by atoms with Crippen molar-refractivity contribution in [2.75, 3.05) is 18.9 Å². The first-order valence-corrected chi connectivity index (χ1v) is 10.9. The predicted molar refractivity (Wildman–Crippen MR) is 124 cm³/mol. The Hall–Kier alpha value is -3.29. The Bertz CT molecular complexity index is 1090. The summed E-state index contributed by atoms with van der Waals surface area (Å²) in [6.45, 7) is 0.547. The second kappa shape index (κ2) is 9.89. The molecule has 3 N–H and O–H groups in total. The Balaban J connectivity index is 1.29. The number of fused-ring (bicyclic) bond motifs is 1. The highest BCUT2D eigenvalue weighted by Crippen LogP contribution is 2.20. The number of carbonyl (C=O) groups is 2. The van der Waals surface area contributed by atoms with Crippen molar-refractivity contribution in [2.24, 2.45) is 0 Å². The first-order valence-electron chi connectivity index (χ1n) is 10.9. The number of rotatable bonds is 7. The van der Waals surface area contributed by atoms with Crippen LogP contribution in [0.4, 0.5) is 5.69 Å². The molecule has 3 atom stereocenters. The van der Waals surface area contributed by atoms with Gasteiger partial charge in [0.25, 0.3) is 0 Å². The van der Waals surface area contributed by atoms with Gasteiger partial charge in [0.1, 0.15) is 6.10 Å². The van der Waals surface area contributed by atoms with E-state index < -0.39 is 6.10 Å². The molecular formula is C25H28N4O3. The van der Waals surface area contributed by atoms with Crippen molar-refractivity contribution < 1.29 is 14.7 Å². The number of pyridine rings is 1. The number of anilines is 1. The number of benzene rings is 2. The van der Waals surface area contributed by atoms with Crippen LogP contribution >= 0.6 is 0 Å². The molecule has 3 aromatic rings. The van der Waals surface area contributed by atoms with E-state index in [0.717, 1.165) is 16.5 Å². The second-order valence-corrected chi connectivity index (χ2v) is 8.34. The lowest BCUT2D eigenvalue weighted by molar-refractivity contribution is -0.130. The summed E-state index contributed by atoms with van der Waals surface area (Å²) in [5, 5.41) is 17.0. The van der Waals surface area contributed by atoms with Gasteiger partial charge in [-0.2, -0.15) is 0 Å². The second-order valence-electron chi connectivity index (χ2n) is 8.34. The van der Waals surface area contributed by atoms with Crippen LogP contribution in [0, 0.1) is 0 Å². The summed E-state index contributed by atoms with van der Waals surface area (Å²) >= 11 is 0. The van der Waals surface area contributed by atoms with E-state index in [4.69, 9.17) is 0 Å². The summed E-state index contributed by atoms with van der Waals surface area (Å²) in [6, 6.07) is 18.8. The van der Waals surface area contributed by atoms with Crippen LogP contribution in [0.5, 0.6) is 0 Å². The van der Waals surface area contributed by atoms with Crippen LogP contribution in [0.2, 0.25) is 0 Å². The van der Waals surface area contributed by atoms with Gasteiger partial charge in [0.2, 0.25) is 11.8 Å². The molecule has 166 valence electrons. The van der Waals surface area contributed by atoms with Gasteiger partial charge in [0.05, 0.1) is 23.4 Å². The maximum absolute atomic E-state index is 12.8. The van der Waals surface area contributed by atoms with Crippen molar-refractivity contribution >= 4 is 28.4 Å². The van der Waals surface area contributed by atoms with Crippen LogP contribution in [-0.2, 0) is 16.0 Å². The van der Waals surface area contributed by atoms with Gasteiger partial charge in [-0.05, 0) is 44.0 Å². The molecule has 7 heteroatoms. The van der Waals surface area contributed by atoms with Crippen LogP contribution in [0.3, 0.4) is 0 Å². The van der Waals surface area contributed by atoms with Crippen LogP contribution in [0.25, 0.3) is 10.9 Å². The molecule has 1 aliphatic rings. The molecule has 1 aliphatic heterocycles. The lowest BCUT2D eigenvalue weighted by Gasteiger charge is -2.18. The van der Waals surface area contributed by atoms with Crippen molar-refractivity contribution in [1.29, 1.82) is 0 Å². The number of nitrogens with one attached hydrogen (secondary N) is 2. The van der Waals surface area contributed by atoms with Crippen LogP contribution in [0.1, 0.15) is 18.4 Å². The minimum Gasteiger partial charge on any atom is -0.383 e. The maximum atomic E-state index is 12.8. The molecule has 2 heterocycles. The van der Waals surface area contributed by atoms with E-state index >= 15 is 0 Å². The normalized spacial score (nSPS) is 19.6. The van der Waals surface area contributed by atoms with Gasteiger partial charge in [-0.25, -0.2) is 0 Å². The predicted octanol–water partition coefficient (Wildman–Crippen LogP) is 2.36. The van der Waals surface area contributed by atoms with E-state index in [2.05, 4.69) is 15.6 Å². The summed E-state index contributed by atoms with van der Waals surface area (Å²) in [4.78, 5) is 31.6. The molecule has 0 spiro atoms. The summed E-state index contributed by atoms with van der Waals surface area (Å²) < 4.78 is 0. The lowest BCUT2D eigenvalue weighted by Crippen LogP contribution is -2.42. The third kappa shape index (κ3) is 5.30. The number of amides is 2. The molecule has 2 aromatic carbocycles. The average Bonchev–Trinajstić information content (AvgIpc) is 3.18. The van der Waals surface area contributed by atoms with E-state index in [-0.39, 0.29) is 23.9 Å². The molecule has 32 heavy (non-hydrogen) atoms. The molecule has 2 amide bonds. The van der Waals surface area contributed by atoms with E-state index in [1.165, 1.54) is 0 Å². The zero-order valence-corrected chi connectivity index (χ0v) is 18.1. The summed E-state index contributed by atoms with van der Waals surface area (Å²) in [5.41, 5.74) is 2.60. The molecule has 7 nitrogen and oxygen atoms in total. The van der Waals surface area contributed by atoms with E-state index in [9.17, 15) is 14.7 Å². The minimum absolute atomic E-state index is 0.133. The van der Waals surface area contributed by atoms with Crippen molar-refractivity contribution in [3.8, 4) is 0 Å². The fraction of sp³-hybridized carbons (Fsp3) is 0.320. The van der Waals surface area contributed by atoms with Gasteiger partial charge in [0, 0.05) is 18.0 Å². The van der Waals surface area contributed by atoms with Gasteiger partial charge in [-0.15, -0.1) is 0 Å². The summed E-state index contributed by atoms with van der Waals surface area (Å²) in [5.74, 6) is -0.523. The standard InChI is InChI=1S/C25H28N4O3/c1-29-16-20(28-25(32)23(30)12-11-17-7-3-2-4-8-17)14-22(29)24(31)27-19-13-18-9-5-6-10-21(18)26-15-19/h2-10,13,15,20,22-23,30H,11-12,14,16H2,1H3,(H,27,31)(H,28,32). The molecule has 0 radical (unpaired) electrons. The molecule has 0 aliphatic carbocycles. The number of aliphatic hydroxyl groups is 1. The number of hydrogen-bond donors (Lipinski definition) is 3. The quantitative estimate of drug-likeness (QED) is 0.533. The fourth-order valence-corrected chi connectivity index (χ4v) is 4.15. The van der Waals surface area contributed by atoms with Crippen LogP contribution in [-0.4, -0.2) is 58.6 Å². The molecule has 4 rings (SSSR count). The zero-order valence-electron chi connectivity index (χ0n) is 18.1. The topological polar surface area (TPSA) is 94.6 Å². The number of likely N-dealkylation sites (tertiary alicyclic amines) is 1. The van der Waals surface area contributed by atoms with Crippen LogP contribution < -0.4 is 10.6 Å². The Kier molecular flexibility index (Phi) is 6.78. The van der Waals surface area contributed by atoms with Gasteiger partial charge in [0.15, 0.2) is 0 Å². The monoisotopic (exact) mass is 432 g/mol. The highest BCUT2D eigenvalue weighted by molar-refractivity contribution is 5.96. The van der Waals surface area contributed by atoms with Crippen molar-refractivity contribution in [3.05, 3.63) is 72.4 Å². The zero-order chi connectivity index (χ0) is 22.5. The Labute approximate surface area is 187 Å². The number of hydrogen-bond acceptors (Lipinski definition) is 5. The van der Waals surface area contributed by atoms with E-state index in [0.29, 0.717) is 31.5 Å². The Morgan fingerprint density at radius 1 is 1.16 bits per heavy atom. The van der Waals surface area contributed by atoms with Gasteiger partial charge in [-0.3, -0.25) is 19.5 Å². The first-order chi connectivity index (χ1) is 15.5. The lowest BCUT2D eigenvalue weighted by atomic mass is 10.1. The molecule has 0 bridgehead atoms. The SMILES string of the molecule is CN1CC(NC(=O)C(O)CCc2ccccc2)CC1C(=O)Nc1cnc2ccccc2c1. The number of likely N-dealkylation sites (N-methyl/N-ethyl adjacent to an activating group) is 1. The Morgan fingerprint density at radius 2 is 1.91 bits per heavy atom. The number of carbonyl (C=O) groups excluding carboxylic acids is 2. The molecule has 1 fully saturated rings. The number of nitrogens with zero attached hydrogens (tertiary/aromatic N) is 2. The third-order valence-corrected chi connectivity index (χ3v) is 5.91. The summed E-state index contributed by atoms with van der Waals surface area (Å²) in [7, 11) is 1.86. The highest BCUT2D eigenvalue weighted by Gasteiger charge is 2.36. The maximum Gasteiger partial charge on any atom is 0.249 e. The van der Waals surface area contributed by atoms with Crippen molar-refractivity contribution in [3.63, 3.8) is 0 Å². The van der Waals surface area contributed by atoms with Crippen LogP contribution in [0.15, 0.2) is 66.9 Å². The van der Waals surface area contributed by atoms with Crippen molar-refractivity contribution in [1.82, 2.24) is 15.2 Å². The first kappa shape index (κ1) is 21.9. The fourth-order valence-electron chi connectivity index (χ4n) is 4.15. The van der Waals surface area contributed by atoms with Crippen molar-refractivity contribution in [2.45, 2.75) is 37.5 Å². The molecular weight excluding hydrogens is 404 g/mol. The molecule has 1 aromatic heterocycles. The smallest absolute Gasteiger partial charge is 0.249 e. The summed E-state index contributed by atoms with van der Waals surface area (Å²) in [6.07, 6.45) is 2.05. The molecule has 1 saturated heterocycles. The van der Waals surface area contributed by atoms with E-state index in [1.807, 2.05) is 72.6 Å². The largest absolute Gasteiger partial charge is 0.383 e. The molecule has 0 saturated carbocycles. The van der Waals surface area contributed by atoms with Gasteiger partial charge in [-0.1, -0.05) is 48.5 Å². The van der Waals surface area contributed by atoms with Gasteiger partial charge < -0.3 is 15.7 Å². The van der Waals surface area contributed by atoms with E-state index in [1.54, 1.807) is 6.20 Å². The minimum atomic E-state index is -1.07. The highest BCUT2D eigenvalue weighted by atomic mass is 16.3. The third-order valence-electron chi connectivity index (χ3n) is 5.91. The molecule has 3 unspecified atom stereocenters. The number of aryl methyl sites for hydroxylation is 1. The van der Waals surface area contributed by atoms with Gasteiger partial charge >= 0.3 is 0 Å². The number of para-hydroxylation sites is 1.